The number of aliphatic imine (C=N–C) groups is 2. The standard InChI is InChI=1S/C50H36N2OS/c1-32-48(35-18-7-3-8-19-35)51-50(52-49(32)36-20-9-4-10-21-36)37-30-41(47-39-23-11-13-25-42(39)53-43(47)31-37)38(33-16-5-2-6-17-33)29-28-34-22-15-27-45-46(34)40-24-12-14-26-44(40)54-45/h2-27,30-31,38,48H,1,28-29H2. The lowest BCUT2D eigenvalue weighted by molar-refractivity contribution is 0.667. The summed E-state index contributed by atoms with van der Waals surface area (Å²) in [5, 5.41) is 4.99. The summed E-state index contributed by atoms with van der Waals surface area (Å²) in [5.41, 5.74) is 10.4. The van der Waals surface area contributed by atoms with Gasteiger partial charge in [-0.2, -0.15) is 0 Å². The van der Waals surface area contributed by atoms with E-state index in [1.165, 1.54) is 36.9 Å². The smallest absolute Gasteiger partial charge is 0.156 e. The molecule has 2 atom stereocenters. The molecule has 1 aliphatic rings. The molecule has 0 bridgehead atoms. The first-order valence-corrected chi connectivity index (χ1v) is 19.4. The predicted molar refractivity (Wildman–Crippen MR) is 227 cm³/mol. The highest BCUT2D eigenvalue weighted by atomic mass is 32.1. The number of amidine groups is 1. The van der Waals surface area contributed by atoms with Crippen molar-refractivity contribution in [1.82, 2.24) is 0 Å². The zero-order valence-corrected chi connectivity index (χ0v) is 30.5. The fraction of sp³-hybridized carbons (Fsp3) is 0.0800. The summed E-state index contributed by atoms with van der Waals surface area (Å²) in [6.07, 6.45) is 1.84. The largest absolute Gasteiger partial charge is 0.456 e. The summed E-state index contributed by atoms with van der Waals surface area (Å²) in [4.78, 5) is 10.6. The van der Waals surface area contributed by atoms with Gasteiger partial charge in [0.05, 0.1) is 5.71 Å². The molecular weight excluding hydrogens is 677 g/mol. The van der Waals surface area contributed by atoms with Crippen LogP contribution in [0.25, 0.3) is 42.1 Å². The minimum Gasteiger partial charge on any atom is -0.456 e. The molecule has 258 valence electrons. The molecule has 3 heterocycles. The van der Waals surface area contributed by atoms with E-state index in [9.17, 15) is 0 Å². The van der Waals surface area contributed by atoms with E-state index in [4.69, 9.17) is 14.4 Å². The van der Waals surface area contributed by atoms with Crippen molar-refractivity contribution in [1.29, 1.82) is 0 Å². The van der Waals surface area contributed by atoms with Gasteiger partial charge in [0.15, 0.2) is 5.84 Å². The zero-order valence-electron chi connectivity index (χ0n) is 29.7. The Balaban J connectivity index is 1.17. The molecule has 7 aromatic carbocycles. The van der Waals surface area contributed by atoms with Crippen LogP contribution < -0.4 is 0 Å². The number of furan rings is 1. The number of benzene rings is 7. The topological polar surface area (TPSA) is 37.9 Å². The first-order chi connectivity index (χ1) is 26.7. The number of fused-ring (bicyclic) bond motifs is 6. The van der Waals surface area contributed by atoms with Gasteiger partial charge < -0.3 is 4.42 Å². The average Bonchev–Trinajstić information content (AvgIpc) is 3.81. The molecule has 0 saturated carbocycles. The van der Waals surface area contributed by atoms with Gasteiger partial charge in [-0.1, -0.05) is 146 Å². The Morgan fingerprint density at radius 2 is 1.30 bits per heavy atom. The van der Waals surface area contributed by atoms with Crippen LogP contribution in [0.1, 0.15) is 51.8 Å². The second kappa shape index (κ2) is 13.6. The number of nitrogens with zero attached hydrogens (tertiary/aromatic N) is 2. The molecule has 0 amide bonds. The minimum absolute atomic E-state index is 0.0801. The maximum Gasteiger partial charge on any atom is 0.156 e. The molecule has 0 fully saturated rings. The molecule has 0 spiro atoms. The third kappa shape index (κ3) is 5.67. The molecule has 2 unspecified atom stereocenters. The lowest BCUT2D eigenvalue weighted by Crippen LogP contribution is -2.20. The summed E-state index contributed by atoms with van der Waals surface area (Å²) in [7, 11) is 0. The van der Waals surface area contributed by atoms with Gasteiger partial charge in [-0.05, 0) is 65.4 Å². The lowest BCUT2D eigenvalue weighted by Gasteiger charge is -2.25. The molecule has 54 heavy (non-hydrogen) atoms. The van der Waals surface area contributed by atoms with Crippen molar-refractivity contribution in [2.75, 3.05) is 0 Å². The quantitative estimate of drug-likeness (QED) is 0.155. The SMILES string of the molecule is C=C1C(c2ccccc2)=NC(c2cc(C(CCc3cccc4sc5ccccc5c34)c3ccccc3)c3c(c2)oc2ccccc23)=NC1c1ccccc1. The Morgan fingerprint density at radius 3 is 2.11 bits per heavy atom. The summed E-state index contributed by atoms with van der Waals surface area (Å²) in [6.45, 7) is 4.56. The third-order valence-corrected chi connectivity index (χ3v) is 11.9. The highest BCUT2D eigenvalue weighted by molar-refractivity contribution is 7.25. The number of hydrogen-bond acceptors (Lipinski definition) is 4. The second-order valence-electron chi connectivity index (χ2n) is 14.0. The van der Waals surface area contributed by atoms with Gasteiger partial charge in [-0.3, -0.25) is 4.99 Å². The van der Waals surface area contributed by atoms with Crippen LogP contribution in [0.15, 0.2) is 196 Å². The maximum atomic E-state index is 6.69. The molecule has 0 aliphatic carbocycles. The monoisotopic (exact) mass is 712 g/mol. The van der Waals surface area contributed by atoms with E-state index in [1.54, 1.807) is 0 Å². The average molecular weight is 713 g/mol. The van der Waals surface area contributed by atoms with E-state index in [0.717, 1.165) is 62.8 Å². The highest BCUT2D eigenvalue weighted by Gasteiger charge is 2.28. The van der Waals surface area contributed by atoms with Crippen LogP contribution in [0.5, 0.6) is 0 Å². The molecule has 0 saturated heterocycles. The van der Waals surface area contributed by atoms with Gasteiger partial charge >= 0.3 is 0 Å². The Labute approximate surface area is 318 Å². The Bertz CT molecular complexity index is 2900. The first kappa shape index (κ1) is 32.3. The van der Waals surface area contributed by atoms with Gasteiger partial charge in [0.2, 0.25) is 0 Å². The molecular formula is C50H36N2OS. The molecule has 0 N–H and O–H groups in total. The molecule has 10 rings (SSSR count). The summed E-state index contributed by atoms with van der Waals surface area (Å²) >= 11 is 1.88. The van der Waals surface area contributed by atoms with Crippen LogP contribution in [-0.2, 0) is 6.42 Å². The third-order valence-electron chi connectivity index (χ3n) is 10.8. The number of aryl methyl sites for hydroxylation is 1. The fourth-order valence-corrected chi connectivity index (χ4v) is 9.42. The highest BCUT2D eigenvalue weighted by Crippen LogP contribution is 2.43. The van der Waals surface area contributed by atoms with Crippen molar-refractivity contribution in [3.63, 3.8) is 0 Å². The van der Waals surface area contributed by atoms with Crippen molar-refractivity contribution in [2.45, 2.75) is 24.8 Å². The van der Waals surface area contributed by atoms with Gasteiger partial charge in [0.25, 0.3) is 0 Å². The predicted octanol–water partition coefficient (Wildman–Crippen LogP) is 13.3. The van der Waals surface area contributed by atoms with Crippen molar-refractivity contribution in [3.8, 4) is 0 Å². The van der Waals surface area contributed by atoms with E-state index in [1.807, 2.05) is 29.5 Å². The van der Waals surface area contributed by atoms with Crippen LogP contribution in [-0.4, -0.2) is 11.5 Å². The number of para-hydroxylation sites is 1. The molecule has 0 radical (unpaired) electrons. The van der Waals surface area contributed by atoms with Gasteiger partial charge in [-0.25, -0.2) is 4.99 Å². The van der Waals surface area contributed by atoms with Crippen molar-refractivity contribution < 1.29 is 4.42 Å². The number of thiophene rings is 1. The van der Waals surface area contributed by atoms with Gasteiger partial charge in [0, 0.05) is 53.6 Å². The van der Waals surface area contributed by atoms with Crippen LogP contribution in [0.2, 0.25) is 0 Å². The van der Waals surface area contributed by atoms with Crippen LogP contribution in [0, 0.1) is 0 Å². The van der Waals surface area contributed by atoms with Crippen LogP contribution in [0.3, 0.4) is 0 Å². The van der Waals surface area contributed by atoms with Crippen LogP contribution in [0.4, 0.5) is 0 Å². The molecule has 1 aliphatic heterocycles. The maximum absolute atomic E-state index is 6.69. The van der Waals surface area contributed by atoms with E-state index >= 15 is 0 Å². The zero-order chi connectivity index (χ0) is 36.0. The summed E-state index contributed by atoms with van der Waals surface area (Å²) in [5.74, 6) is 0.761. The Hall–Kier alpha value is -6.36. The number of rotatable bonds is 8. The lowest BCUT2D eigenvalue weighted by atomic mass is 9.82. The Morgan fingerprint density at radius 1 is 0.611 bits per heavy atom. The summed E-state index contributed by atoms with van der Waals surface area (Å²) < 4.78 is 9.37. The van der Waals surface area contributed by atoms with Crippen LogP contribution >= 0.6 is 11.3 Å². The van der Waals surface area contributed by atoms with Crippen molar-refractivity contribution >= 4 is 65.0 Å². The minimum atomic E-state index is -0.269. The van der Waals surface area contributed by atoms with E-state index in [-0.39, 0.29) is 12.0 Å². The van der Waals surface area contributed by atoms with E-state index in [2.05, 4.69) is 158 Å². The molecule has 9 aromatic rings. The molecule has 3 nitrogen and oxygen atoms in total. The molecule has 4 heteroatoms. The fourth-order valence-electron chi connectivity index (χ4n) is 8.27. The number of hydrogen-bond donors (Lipinski definition) is 0. The Kier molecular flexibility index (Phi) is 8.11. The van der Waals surface area contributed by atoms with Crippen molar-refractivity contribution in [2.24, 2.45) is 9.98 Å². The normalized spacial score (nSPS) is 15.2. The summed E-state index contributed by atoms with van der Waals surface area (Å²) in [6, 6.07) is 59.9. The van der Waals surface area contributed by atoms with E-state index < -0.39 is 0 Å². The van der Waals surface area contributed by atoms with Gasteiger partial charge in [-0.15, -0.1) is 11.3 Å². The second-order valence-corrected chi connectivity index (χ2v) is 15.1. The van der Waals surface area contributed by atoms with Gasteiger partial charge in [0.1, 0.15) is 17.2 Å². The molecule has 2 aromatic heterocycles. The van der Waals surface area contributed by atoms with E-state index in [0.29, 0.717) is 5.84 Å². The van der Waals surface area contributed by atoms with Crippen molar-refractivity contribution in [3.05, 3.63) is 215 Å². The first-order valence-electron chi connectivity index (χ1n) is 18.6.